The van der Waals surface area contributed by atoms with Gasteiger partial charge in [0.25, 0.3) is 11.8 Å². The Balaban J connectivity index is 1.63. The molecule has 0 aliphatic heterocycles. The number of rotatable bonds is 5. The third-order valence-corrected chi connectivity index (χ3v) is 4.59. The molecule has 0 atom stereocenters. The van der Waals surface area contributed by atoms with Crippen molar-refractivity contribution < 1.29 is 18.4 Å². The van der Waals surface area contributed by atoms with Gasteiger partial charge in [0.2, 0.25) is 5.89 Å². The van der Waals surface area contributed by atoms with Crippen LogP contribution in [0.3, 0.4) is 0 Å². The maximum atomic E-state index is 12.7. The maximum Gasteiger partial charge on any atom is 0.283 e. The van der Waals surface area contributed by atoms with Crippen molar-refractivity contribution >= 4 is 34.8 Å². The number of nitrogens with zero attached hydrogens (tertiary/aromatic N) is 2. The monoisotopic (exact) mass is 429 g/mol. The molecule has 0 radical (unpaired) electrons. The van der Waals surface area contributed by atoms with Crippen LogP contribution in [0.15, 0.2) is 63.6 Å². The van der Waals surface area contributed by atoms with Crippen molar-refractivity contribution in [2.45, 2.75) is 0 Å². The molecule has 29 heavy (non-hydrogen) atoms. The first kappa shape index (κ1) is 19.0. The smallest absolute Gasteiger partial charge is 0.283 e. The maximum absolute atomic E-state index is 12.7. The predicted molar refractivity (Wildman–Crippen MR) is 108 cm³/mol. The Morgan fingerprint density at radius 2 is 1.90 bits per heavy atom. The van der Waals surface area contributed by atoms with E-state index in [1.807, 2.05) is 0 Å². The predicted octanol–water partition coefficient (Wildman–Crippen LogP) is 5.56. The van der Waals surface area contributed by atoms with Crippen LogP contribution in [-0.2, 0) is 0 Å². The molecule has 0 saturated carbocycles. The van der Waals surface area contributed by atoms with E-state index in [9.17, 15) is 4.79 Å². The molecule has 1 amide bonds. The summed E-state index contributed by atoms with van der Waals surface area (Å²) in [7, 11) is 1.47. The molecular formula is C20H13Cl2N3O4. The summed E-state index contributed by atoms with van der Waals surface area (Å²) in [6, 6.07) is 13.2. The fourth-order valence-electron chi connectivity index (χ4n) is 2.64. The zero-order valence-electron chi connectivity index (χ0n) is 15.0. The fourth-order valence-corrected chi connectivity index (χ4v) is 2.98. The Labute approximate surface area is 175 Å². The Hall–Kier alpha value is -3.29. The van der Waals surface area contributed by atoms with Crippen molar-refractivity contribution in [3.63, 3.8) is 0 Å². The van der Waals surface area contributed by atoms with E-state index in [2.05, 4.69) is 15.5 Å². The van der Waals surface area contributed by atoms with Crippen LogP contribution in [-0.4, -0.2) is 23.2 Å². The molecule has 2 aromatic carbocycles. The van der Waals surface area contributed by atoms with E-state index in [1.54, 1.807) is 42.5 Å². The van der Waals surface area contributed by atoms with Crippen LogP contribution >= 0.6 is 23.2 Å². The van der Waals surface area contributed by atoms with Gasteiger partial charge < -0.3 is 18.9 Å². The van der Waals surface area contributed by atoms with Gasteiger partial charge in [-0.15, -0.1) is 10.2 Å². The standard InChI is InChI=1S/C20H13Cl2N3O4/c1-27-16-7-5-12(21)10-13(16)18(26)23-15-9-11(4-6-14(15)22)19-24-25-20(29-19)17-3-2-8-28-17/h2-10H,1H3,(H,23,26). The number of hydrogen-bond donors (Lipinski definition) is 1. The first-order valence-corrected chi connectivity index (χ1v) is 9.13. The van der Waals surface area contributed by atoms with Gasteiger partial charge >= 0.3 is 0 Å². The first-order chi connectivity index (χ1) is 14.0. The van der Waals surface area contributed by atoms with E-state index in [4.69, 9.17) is 36.8 Å². The largest absolute Gasteiger partial charge is 0.496 e. The average Bonchev–Trinajstić information content (AvgIpc) is 3.41. The van der Waals surface area contributed by atoms with Crippen LogP contribution in [0.25, 0.3) is 23.1 Å². The second-order valence-corrected chi connectivity index (χ2v) is 6.73. The molecule has 0 unspecified atom stereocenters. The van der Waals surface area contributed by atoms with E-state index in [-0.39, 0.29) is 17.3 Å². The van der Waals surface area contributed by atoms with Crippen molar-refractivity contribution in [2.75, 3.05) is 12.4 Å². The van der Waals surface area contributed by atoms with Crippen molar-refractivity contribution in [1.29, 1.82) is 0 Å². The third kappa shape index (κ3) is 3.96. The van der Waals surface area contributed by atoms with Gasteiger partial charge in [-0.3, -0.25) is 4.79 Å². The molecular weight excluding hydrogens is 417 g/mol. The summed E-state index contributed by atoms with van der Waals surface area (Å²) in [5.41, 5.74) is 1.22. The Kier molecular flexibility index (Phi) is 5.24. The highest BCUT2D eigenvalue weighted by Crippen LogP contribution is 2.31. The lowest BCUT2D eigenvalue weighted by Gasteiger charge is -2.11. The van der Waals surface area contributed by atoms with Crippen LogP contribution in [0.2, 0.25) is 10.0 Å². The Bertz CT molecular complexity index is 1170. The second kappa shape index (κ2) is 7.98. The lowest BCUT2D eigenvalue weighted by atomic mass is 10.1. The highest BCUT2D eigenvalue weighted by Gasteiger charge is 2.17. The van der Waals surface area contributed by atoms with Crippen LogP contribution in [0, 0.1) is 0 Å². The molecule has 0 saturated heterocycles. The van der Waals surface area contributed by atoms with Gasteiger partial charge in [-0.25, -0.2) is 0 Å². The van der Waals surface area contributed by atoms with Crippen LogP contribution < -0.4 is 10.1 Å². The lowest BCUT2D eigenvalue weighted by Crippen LogP contribution is -2.13. The molecule has 2 heterocycles. The minimum atomic E-state index is -0.426. The van der Waals surface area contributed by atoms with Crippen LogP contribution in [0.4, 0.5) is 5.69 Å². The molecule has 0 aliphatic carbocycles. The van der Waals surface area contributed by atoms with Gasteiger partial charge in [0.1, 0.15) is 5.75 Å². The number of anilines is 1. The topological polar surface area (TPSA) is 90.4 Å². The van der Waals surface area contributed by atoms with Gasteiger partial charge in [-0.05, 0) is 48.5 Å². The molecule has 0 bridgehead atoms. The number of methoxy groups -OCH3 is 1. The number of nitrogens with one attached hydrogen (secondary N) is 1. The number of ether oxygens (including phenoxy) is 1. The zero-order chi connectivity index (χ0) is 20.4. The number of amides is 1. The normalized spacial score (nSPS) is 10.7. The molecule has 7 nitrogen and oxygen atoms in total. The molecule has 1 N–H and O–H groups in total. The summed E-state index contributed by atoms with van der Waals surface area (Å²) in [6.45, 7) is 0. The van der Waals surface area contributed by atoms with Crippen molar-refractivity contribution in [2.24, 2.45) is 0 Å². The number of carbonyl (C=O) groups is 1. The van der Waals surface area contributed by atoms with Gasteiger partial charge in [0, 0.05) is 10.6 Å². The van der Waals surface area contributed by atoms with Crippen LogP contribution in [0.5, 0.6) is 5.75 Å². The minimum absolute atomic E-state index is 0.245. The summed E-state index contributed by atoms with van der Waals surface area (Å²) in [5.74, 6) is 0.918. The number of furan rings is 1. The Morgan fingerprint density at radius 3 is 2.66 bits per heavy atom. The molecule has 2 aromatic heterocycles. The molecule has 9 heteroatoms. The molecule has 0 fully saturated rings. The zero-order valence-corrected chi connectivity index (χ0v) is 16.5. The highest BCUT2D eigenvalue weighted by atomic mass is 35.5. The number of hydrogen-bond acceptors (Lipinski definition) is 6. The summed E-state index contributed by atoms with van der Waals surface area (Å²) < 4.78 is 16.1. The van der Waals surface area contributed by atoms with Gasteiger partial charge in [-0.2, -0.15) is 0 Å². The van der Waals surface area contributed by atoms with Gasteiger partial charge in [-0.1, -0.05) is 23.2 Å². The summed E-state index contributed by atoms with van der Waals surface area (Å²) in [6.07, 6.45) is 1.51. The van der Waals surface area contributed by atoms with Gasteiger partial charge in [0.05, 0.1) is 29.6 Å². The lowest BCUT2D eigenvalue weighted by molar-refractivity contribution is 0.102. The van der Waals surface area contributed by atoms with Crippen molar-refractivity contribution in [3.8, 4) is 28.9 Å². The number of benzene rings is 2. The Morgan fingerprint density at radius 1 is 1.07 bits per heavy atom. The van der Waals surface area contributed by atoms with Crippen molar-refractivity contribution in [3.05, 3.63) is 70.4 Å². The van der Waals surface area contributed by atoms with E-state index in [0.717, 1.165) is 0 Å². The molecule has 4 rings (SSSR count). The summed E-state index contributed by atoms with van der Waals surface area (Å²) >= 11 is 12.3. The van der Waals surface area contributed by atoms with E-state index in [1.165, 1.54) is 19.4 Å². The highest BCUT2D eigenvalue weighted by molar-refractivity contribution is 6.34. The molecule has 146 valence electrons. The van der Waals surface area contributed by atoms with Crippen molar-refractivity contribution in [1.82, 2.24) is 10.2 Å². The summed E-state index contributed by atoms with van der Waals surface area (Å²) in [4.78, 5) is 12.7. The van der Waals surface area contributed by atoms with Gasteiger partial charge in [0.15, 0.2) is 5.76 Å². The summed E-state index contributed by atoms with van der Waals surface area (Å²) in [5, 5.41) is 11.5. The molecule has 0 spiro atoms. The van der Waals surface area contributed by atoms with E-state index < -0.39 is 5.91 Å². The van der Waals surface area contributed by atoms with E-state index >= 15 is 0 Å². The molecule has 4 aromatic rings. The number of aromatic nitrogens is 2. The first-order valence-electron chi connectivity index (χ1n) is 8.37. The number of halogens is 2. The second-order valence-electron chi connectivity index (χ2n) is 5.88. The third-order valence-electron chi connectivity index (χ3n) is 4.02. The number of carbonyl (C=O) groups excluding carboxylic acids is 1. The average molecular weight is 430 g/mol. The van der Waals surface area contributed by atoms with E-state index in [0.29, 0.717) is 32.8 Å². The van der Waals surface area contributed by atoms with Crippen LogP contribution in [0.1, 0.15) is 10.4 Å². The SMILES string of the molecule is COc1ccc(Cl)cc1C(=O)Nc1cc(-c2nnc(-c3ccco3)o2)ccc1Cl. The fraction of sp³-hybridized carbons (Fsp3) is 0.0500. The minimum Gasteiger partial charge on any atom is -0.496 e. The molecule has 0 aliphatic rings. The quantitative estimate of drug-likeness (QED) is 0.446.